The highest BCUT2D eigenvalue weighted by atomic mass is 32.1. The van der Waals surface area contributed by atoms with E-state index in [9.17, 15) is 15.0 Å². The fourth-order valence-corrected chi connectivity index (χ4v) is 8.75. The topological polar surface area (TPSA) is 82.5 Å². The average Bonchev–Trinajstić information content (AvgIpc) is 3.33. The van der Waals surface area contributed by atoms with E-state index < -0.39 is 5.60 Å². The Labute approximate surface area is 213 Å². The van der Waals surface area contributed by atoms with Crippen molar-refractivity contribution in [2.24, 2.45) is 23.2 Å². The summed E-state index contributed by atoms with van der Waals surface area (Å²) in [5.41, 5.74) is 1.94. The summed E-state index contributed by atoms with van der Waals surface area (Å²) in [6, 6.07) is 5.93. The molecule has 3 N–H and O–H groups in total. The number of phenolic OH excluding ortho intramolecular Hbond substituents is 1. The van der Waals surface area contributed by atoms with Gasteiger partial charge in [-0.05, 0) is 104 Å². The van der Waals surface area contributed by atoms with Crippen LogP contribution in [0.15, 0.2) is 24.4 Å². The predicted octanol–water partition coefficient (Wildman–Crippen LogP) is 6.58. The van der Waals surface area contributed by atoms with E-state index in [0.29, 0.717) is 41.0 Å². The molecular formula is C29H40N2O3S. The molecule has 0 saturated heterocycles. The molecule has 3 aliphatic carbocycles. The minimum Gasteiger partial charge on any atom is -0.508 e. The monoisotopic (exact) mass is 496 g/mol. The number of unbranched alkanes of at least 4 members (excludes halogenated alkanes) is 1. The van der Waals surface area contributed by atoms with Gasteiger partial charge in [-0.25, -0.2) is 4.98 Å². The number of thiazole rings is 1. The maximum atomic E-state index is 12.8. The molecule has 2 aromatic rings. The van der Waals surface area contributed by atoms with E-state index in [1.807, 2.05) is 19.1 Å². The van der Waals surface area contributed by atoms with Crippen LogP contribution in [0.4, 0.5) is 5.13 Å². The van der Waals surface area contributed by atoms with E-state index in [1.165, 1.54) is 22.5 Å². The third kappa shape index (κ3) is 4.42. The molecule has 6 heteroatoms. The number of carbonyl (C=O) groups is 1. The van der Waals surface area contributed by atoms with E-state index >= 15 is 0 Å². The van der Waals surface area contributed by atoms with E-state index in [4.69, 9.17) is 0 Å². The minimum absolute atomic E-state index is 0.0295. The molecule has 0 radical (unpaired) electrons. The quantitative estimate of drug-likeness (QED) is 0.404. The Morgan fingerprint density at radius 3 is 2.89 bits per heavy atom. The number of anilines is 1. The first-order valence-corrected chi connectivity index (χ1v) is 14.3. The van der Waals surface area contributed by atoms with Crippen molar-refractivity contribution in [3.05, 3.63) is 40.4 Å². The van der Waals surface area contributed by atoms with Gasteiger partial charge >= 0.3 is 0 Å². The van der Waals surface area contributed by atoms with Gasteiger partial charge in [-0.1, -0.05) is 32.8 Å². The van der Waals surface area contributed by atoms with Crippen LogP contribution >= 0.6 is 11.3 Å². The molecule has 2 saturated carbocycles. The number of fused-ring (bicyclic) bond motifs is 5. The summed E-state index contributed by atoms with van der Waals surface area (Å²) in [5.74, 6) is 2.16. The van der Waals surface area contributed by atoms with Crippen LogP contribution in [0.2, 0.25) is 0 Å². The van der Waals surface area contributed by atoms with Crippen molar-refractivity contribution < 1.29 is 15.0 Å². The first kappa shape index (κ1) is 24.8. The third-order valence-electron chi connectivity index (χ3n) is 9.69. The Morgan fingerprint density at radius 2 is 2.14 bits per heavy atom. The number of amides is 1. The molecule has 6 atom stereocenters. The molecule has 190 valence electrons. The molecule has 5 rings (SSSR count). The molecule has 2 fully saturated rings. The number of benzene rings is 1. The van der Waals surface area contributed by atoms with Gasteiger partial charge in [0.05, 0.1) is 5.60 Å². The van der Waals surface area contributed by atoms with Crippen molar-refractivity contribution in [2.75, 3.05) is 5.32 Å². The summed E-state index contributed by atoms with van der Waals surface area (Å²) in [6.07, 6.45) is 11.1. The van der Waals surface area contributed by atoms with Gasteiger partial charge in [0.1, 0.15) is 5.75 Å². The number of aliphatic hydroxyl groups is 1. The standard InChI is InChI=1S/C29H40N2O3S/c1-4-5-13-29(34)16-20(7-11-25(33)31-27-30-17-18(2)35-27)26-24-9-6-19-15-21(32)8-10-22(19)23(24)12-14-28(26,29)3/h8,10,15,17,20,23-24,26,32,34H,4-7,9,11-14,16H2,1-3H3,(H,30,31,33). The summed E-state index contributed by atoms with van der Waals surface area (Å²) >= 11 is 1.51. The number of hydrogen-bond acceptors (Lipinski definition) is 5. The maximum Gasteiger partial charge on any atom is 0.226 e. The minimum atomic E-state index is -0.651. The molecule has 1 heterocycles. The van der Waals surface area contributed by atoms with Crippen molar-refractivity contribution in [2.45, 2.75) is 96.5 Å². The van der Waals surface area contributed by atoms with Gasteiger partial charge in [0.15, 0.2) is 5.13 Å². The molecule has 0 spiro atoms. The zero-order chi connectivity index (χ0) is 24.8. The normalized spacial score (nSPS) is 33.6. The highest BCUT2D eigenvalue weighted by molar-refractivity contribution is 7.15. The van der Waals surface area contributed by atoms with Gasteiger partial charge in [-0.15, -0.1) is 11.3 Å². The number of nitrogens with one attached hydrogen (secondary N) is 1. The van der Waals surface area contributed by atoms with Gasteiger partial charge in [0, 0.05) is 17.5 Å². The number of aryl methyl sites for hydroxylation is 2. The Morgan fingerprint density at radius 1 is 1.31 bits per heavy atom. The SMILES string of the molecule is CCCCC1(O)CC(CCC(=O)Nc2ncc(C)s2)C2C3CCc4cc(O)ccc4C3CCC21C. The van der Waals surface area contributed by atoms with Gasteiger partial charge in [-0.3, -0.25) is 4.79 Å². The lowest BCUT2D eigenvalue weighted by Crippen LogP contribution is -2.51. The number of phenols is 1. The molecule has 1 amide bonds. The highest BCUT2D eigenvalue weighted by Crippen LogP contribution is 2.67. The third-order valence-corrected chi connectivity index (χ3v) is 10.5. The molecule has 1 aromatic carbocycles. The fraction of sp³-hybridized carbons (Fsp3) is 0.655. The second-order valence-electron chi connectivity index (χ2n) is 11.6. The second-order valence-corrected chi connectivity index (χ2v) is 12.9. The van der Waals surface area contributed by atoms with Crippen LogP contribution in [-0.4, -0.2) is 26.7 Å². The van der Waals surface area contributed by atoms with Crippen LogP contribution in [0.1, 0.15) is 93.6 Å². The van der Waals surface area contributed by atoms with Crippen LogP contribution in [0.5, 0.6) is 5.75 Å². The first-order chi connectivity index (χ1) is 16.7. The molecule has 6 unspecified atom stereocenters. The number of aromatic nitrogens is 1. The maximum absolute atomic E-state index is 12.8. The molecule has 35 heavy (non-hydrogen) atoms. The van der Waals surface area contributed by atoms with Crippen LogP contribution in [0, 0.1) is 30.1 Å². The lowest BCUT2D eigenvalue weighted by Gasteiger charge is -2.54. The summed E-state index contributed by atoms with van der Waals surface area (Å²) in [7, 11) is 0. The lowest BCUT2D eigenvalue weighted by molar-refractivity contribution is -0.116. The van der Waals surface area contributed by atoms with Gasteiger partial charge in [0.2, 0.25) is 5.91 Å². The summed E-state index contributed by atoms with van der Waals surface area (Å²) < 4.78 is 0. The first-order valence-electron chi connectivity index (χ1n) is 13.5. The molecule has 5 nitrogen and oxygen atoms in total. The Bertz CT molecular complexity index is 1080. The summed E-state index contributed by atoms with van der Waals surface area (Å²) in [6.45, 7) is 6.55. The summed E-state index contributed by atoms with van der Waals surface area (Å²) in [5, 5.41) is 25.8. The van der Waals surface area contributed by atoms with Crippen molar-refractivity contribution >= 4 is 22.4 Å². The number of nitrogens with zero attached hydrogens (tertiary/aromatic N) is 1. The van der Waals surface area contributed by atoms with Crippen molar-refractivity contribution in [1.82, 2.24) is 4.98 Å². The second kappa shape index (κ2) is 9.51. The molecule has 1 aromatic heterocycles. The van der Waals surface area contributed by atoms with Crippen molar-refractivity contribution in [3.8, 4) is 5.75 Å². The molecule has 0 bridgehead atoms. The highest BCUT2D eigenvalue weighted by Gasteiger charge is 2.64. The van der Waals surface area contributed by atoms with Gasteiger partial charge in [0.25, 0.3) is 0 Å². The van der Waals surface area contributed by atoms with E-state index in [2.05, 4.69) is 30.2 Å². The molecular weight excluding hydrogens is 456 g/mol. The Kier molecular flexibility index (Phi) is 6.73. The van der Waals surface area contributed by atoms with E-state index in [-0.39, 0.29) is 11.3 Å². The van der Waals surface area contributed by atoms with Crippen LogP contribution < -0.4 is 5.32 Å². The zero-order valence-electron chi connectivity index (χ0n) is 21.3. The van der Waals surface area contributed by atoms with Crippen LogP contribution in [0.3, 0.4) is 0 Å². The average molecular weight is 497 g/mol. The van der Waals surface area contributed by atoms with Crippen LogP contribution in [-0.2, 0) is 11.2 Å². The van der Waals surface area contributed by atoms with E-state index in [1.54, 1.807) is 6.20 Å². The zero-order valence-corrected chi connectivity index (χ0v) is 22.2. The number of rotatable bonds is 7. The number of carbonyl (C=O) groups excluding carboxylic acids is 1. The smallest absolute Gasteiger partial charge is 0.226 e. The van der Waals surface area contributed by atoms with Crippen molar-refractivity contribution in [1.29, 1.82) is 0 Å². The largest absolute Gasteiger partial charge is 0.508 e. The van der Waals surface area contributed by atoms with Crippen LogP contribution in [0.25, 0.3) is 0 Å². The molecule has 0 aliphatic heterocycles. The summed E-state index contributed by atoms with van der Waals surface area (Å²) in [4.78, 5) is 18.2. The van der Waals surface area contributed by atoms with Gasteiger partial charge in [-0.2, -0.15) is 0 Å². The van der Waals surface area contributed by atoms with Crippen molar-refractivity contribution in [3.63, 3.8) is 0 Å². The molecule has 3 aliphatic rings. The van der Waals surface area contributed by atoms with Gasteiger partial charge < -0.3 is 15.5 Å². The lowest BCUT2D eigenvalue weighted by atomic mass is 9.51. The van der Waals surface area contributed by atoms with E-state index in [0.717, 1.165) is 62.7 Å². The fourth-order valence-electron chi connectivity index (χ4n) is 8.07. The number of hydrogen-bond donors (Lipinski definition) is 3. The Hall–Kier alpha value is -1.92. The Balaban J connectivity index is 1.39. The predicted molar refractivity (Wildman–Crippen MR) is 141 cm³/mol. The number of aromatic hydroxyl groups is 1.